The van der Waals surface area contributed by atoms with Crippen LogP contribution in [0.3, 0.4) is 0 Å². The lowest BCUT2D eigenvalue weighted by molar-refractivity contribution is 0.0946. The van der Waals surface area contributed by atoms with E-state index in [9.17, 15) is 19.2 Å². The molecule has 0 aromatic heterocycles. The van der Waals surface area contributed by atoms with E-state index in [2.05, 4.69) is 19.9 Å². The van der Waals surface area contributed by atoms with E-state index in [0.717, 1.165) is 0 Å². The van der Waals surface area contributed by atoms with Gasteiger partial charge in [0.15, 0.2) is 0 Å². The molecule has 4 N–H and O–H groups in total. The van der Waals surface area contributed by atoms with Crippen LogP contribution in [0.4, 0.5) is 0 Å². The predicted octanol–water partition coefficient (Wildman–Crippen LogP) is 3.14. The molecule has 0 radical (unpaired) electrons. The van der Waals surface area contributed by atoms with Crippen LogP contribution in [0.1, 0.15) is 41.4 Å². The zero-order valence-corrected chi connectivity index (χ0v) is 20.7. The molecule has 0 heterocycles. The minimum Gasteiger partial charge on any atom is -0.327 e. The van der Waals surface area contributed by atoms with Gasteiger partial charge in [-0.25, -0.2) is 0 Å². The molecule has 0 fully saturated rings. The minimum atomic E-state index is -4.18. The van der Waals surface area contributed by atoms with Gasteiger partial charge in [0.05, 0.1) is 0 Å². The molecule has 0 saturated carbocycles. The Bertz CT molecular complexity index is 1170. The average molecular weight is 509 g/mol. The van der Waals surface area contributed by atoms with E-state index >= 15 is 0 Å². The molecule has 0 atom stereocenters. The Morgan fingerprint density at radius 3 is 0.730 bits per heavy atom. The van der Waals surface area contributed by atoms with Crippen LogP contribution < -0.4 is 19.9 Å². The molecular formula is C28H24N4O4Si. The van der Waals surface area contributed by atoms with Crippen LogP contribution >= 0.6 is 0 Å². The minimum absolute atomic E-state index is 0.288. The van der Waals surface area contributed by atoms with Gasteiger partial charge < -0.3 is 19.9 Å². The molecule has 0 aliphatic heterocycles. The zero-order chi connectivity index (χ0) is 26.1. The number of hydrogen-bond donors (Lipinski definition) is 4. The fourth-order valence-electron chi connectivity index (χ4n) is 3.52. The molecule has 0 aliphatic rings. The number of carbonyl (C=O) groups is 4. The average Bonchev–Trinajstić information content (AvgIpc) is 2.94. The highest BCUT2D eigenvalue weighted by molar-refractivity contribution is 6.79. The Balaban J connectivity index is 1.75. The Hall–Kier alpha value is -5.02. The monoisotopic (exact) mass is 508 g/mol. The maximum Gasteiger partial charge on any atom is 0.502 e. The van der Waals surface area contributed by atoms with Crippen LogP contribution in [0.25, 0.3) is 0 Å². The van der Waals surface area contributed by atoms with E-state index < -0.39 is 32.3 Å². The molecule has 184 valence electrons. The lowest BCUT2D eigenvalue weighted by Gasteiger charge is -2.32. The topological polar surface area (TPSA) is 116 Å². The molecular weight excluding hydrogens is 484 g/mol. The Morgan fingerprint density at radius 2 is 0.541 bits per heavy atom. The maximum absolute atomic E-state index is 13.3. The second-order valence-corrected chi connectivity index (χ2v) is 10.5. The van der Waals surface area contributed by atoms with E-state index in [1.807, 2.05) is 0 Å². The number of hydrogen-bond acceptors (Lipinski definition) is 4. The molecule has 0 unspecified atom stereocenters. The van der Waals surface area contributed by atoms with Gasteiger partial charge in [0.2, 0.25) is 23.6 Å². The number of rotatable bonds is 8. The first-order valence-corrected chi connectivity index (χ1v) is 13.5. The molecule has 9 heteroatoms. The third-order valence-electron chi connectivity index (χ3n) is 5.35. The highest BCUT2D eigenvalue weighted by atomic mass is 28.4. The van der Waals surface area contributed by atoms with Gasteiger partial charge in [-0.05, 0) is 48.5 Å². The maximum atomic E-state index is 13.3. The van der Waals surface area contributed by atoms with Crippen molar-refractivity contribution < 1.29 is 19.2 Å². The van der Waals surface area contributed by atoms with Gasteiger partial charge in [-0.1, -0.05) is 72.8 Å². The first-order valence-electron chi connectivity index (χ1n) is 11.5. The summed E-state index contributed by atoms with van der Waals surface area (Å²) in [5, 5.41) is 0. The largest absolute Gasteiger partial charge is 0.502 e. The first-order chi connectivity index (χ1) is 18.0. The van der Waals surface area contributed by atoms with E-state index in [1.54, 1.807) is 121 Å². The van der Waals surface area contributed by atoms with Crippen molar-refractivity contribution in [2.45, 2.75) is 0 Å². The van der Waals surface area contributed by atoms with Crippen molar-refractivity contribution in [3.63, 3.8) is 0 Å². The molecule has 4 rings (SSSR count). The third kappa shape index (κ3) is 6.56. The van der Waals surface area contributed by atoms with Crippen LogP contribution in [0.15, 0.2) is 121 Å². The number of nitrogens with one attached hydrogen (secondary N) is 4. The fourth-order valence-corrected chi connectivity index (χ4v) is 5.83. The highest BCUT2D eigenvalue weighted by Crippen LogP contribution is 2.06. The van der Waals surface area contributed by atoms with Crippen LogP contribution in [0.5, 0.6) is 0 Å². The van der Waals surface area contributed by atoms with E-state index in [1.165, 1.54) is 0 Å². The first kappa shape index (κ1) is 25.1. The van der Waals surface area contributed by atoms with Crippen LogP contribution in [-0.4, -0.2) is 32.3 Å². The van der Waals surface area contributed by atoms with Crippen molar-refractivity contribution >= 4 is 32.3 Å². The van der Waals surface area contributed by atoms with Gasteiger partial charge in [0.25, 0.3) is 0 Å². The summed E-state index contributed by atoms with van der Waals surface area (Å²) in [7, 11) is -4.18. The normalized spacial score (nSPS) is 10.6. The Labute approximate surface area is 215 Å². The fraction of sp³-hybridized carbons (Fsp3) is 0. The Kier molecular flexibility index (Phi) is 7.87. The van der Waals surface area contributed by atoms with Gasteiger partial charge >= 0.3 is 8.72 Å². The molecule has 4 aromatic rings. The smallest absolute Gasteiger partial charge is 0.327 e. The zero-order valence-electron chi connectivity index (χ0n) is 19.7. The molecule has 0 aliphatic carbocycles. The van der Waals surface area contributed by atoms with Gasteiger partial charge in [-0.15, -0.1) is 0 Å². The quantitative estimate of drug-likeness (QED) is 0.274. The molecule has 0 bridgehead atoms. The van der Waals surface area contributed by atoms with Crippen molar-refractivity contribution in [3.05, 3.63) is 144 Å². The Morgan fingerprint density at radius 1 is 0.351 bits per heavy atom. The number of amides is 4. The molecule has 4 amide bonds. The standard InChI is InChI=1S/C28H24N4O4Si/c33-25(21-13-5-1-6-14-21)29-37(30-26(34)22-15-7-2-8-16-22,31-27(35)23-17-9-3-10-18-23)32-28(36)24-19-11-4-12-20-24/h1-20H,(H,29,33)(H,30,34)(H,31,35)(H,32,36). The summed E-state index contributed by atoms with van der Waals surface area (Å²) in [6, 6.07) is 33.2. The van der Waals surface area contributed by atoms with Gasteiger partial charge in [0.1, 0.15) is 0 Å². The summed E-state index contributed by atoms with van der Waals surface area (Å²) in [5.41, 5.74) is 1.15. The molecule has 8 nitrogen and oxygen atoms in total. The second kappa shape index (κ2) is 11.6. The second-order valence-electron chi connectivity index (χ2n) is 8.03. The summed E-state index contributed by atoms with van der Waals surface area (Å²) < 4.78 is 0. The van der Waals surface area contributed by atoms with Gasteiger partial charge in [-0.3, -0.25) is 19.2 Å². The molecule has 0 spiro atoms. The van der Waals surface area contributed by atoms with Gasteiger partial charge in [0, 0.05) is 22.3 Å². The van der Waals surface area contributed by atoms with Crippen molar-refractivity contribution in [2.24, 2.45) is 0 Å². The highest BCUT2D eigenvalue weighted by Gasteiger charge is 2.45. The molecule has 37 heavy (non-hydrogen) atoms. The summed E-state index contributed by atoms with van der Waals surface area (Å²) in [6.07, 6.45) is 0. The summed E-state index contributed by atoms with van der Waals surface area (Å²) in [6.45, 7) is 0. The number of benzene rings is 4. The van der Waals surface area contributed by atoms with Crippen molar-refractivity contribution in [3.8, 4) is 0 Å². The van der Waals surface area contributed by atoms with Crippen LogP contribution in [0, 0.1) is 0 Å². The predicted molar refractivity (Wildman–Crippen MR) is 141 cm³/mol. The SMILES string of the molecule is O=C(N[Si](NC(=O)c1ccccc1)(NC(=O)c1ccccc1)NC(=O)c1ccccc1)c1ccccc1. The summed E-state index contributed by atoms with van der Waals surface area (Å²) in [5.74, 6) is -2.32. The van der Waals surface area contributed by atoms with Gasteiger partial charge in [-0.2, -0.15) is 0 Å². The summed E-state index contributed by atoms with van der Waals surface area (Å²) >= 11 is 0. The van der Waals surface area contributed by atoms with Crippen molar-refractivity contribution in [2.75, 3.05) is 0 Å². The molecule has 0 saturated heterocycles. The van der Waals surface area contributed by atoms with E-state index in [-0.39, 0.29) is 22.3 Å². The van der Waals surface area contributed by atoms with Crippen LogP contribution in [-0.2, 0) is 0 Å². The summed E-state index contributed by atoms with van der Waals surface area (Å²) in [4.78, 5) is 64.1. The molecule has 4 aromatic carbocycles. The third-order valence-corrected chi connectivity index (χ3v) is 7.76. The number of carbonyl (C=O) groups excluding carboxylic acids is 4. The van der Waals surface area contributed by atoms with Crippen LogP contribution in [0.2, 0.25) is 0 Å². The van der Waals surface area contributed by atoms with E-state index in [0.29, 0.717) is 0 Å². The van der Waals surface area contributed by atoms with Crippen molar-refractivity contribution in [1.82, 2.24) is 19.9 Å². The lowest BCUT2D eigenvalue weighted by Crippen LogP contribution is -2.84. The van der Waals surface area contributed by atoms with E-state index in [4.69, 9.17) is 0 Å². The van der Waals surface area contributed by atoms with Crippen molar-refractivity contribution in [1.29, 1.82) is 0 Å². The lowest BCUT2D eigenvalue weighted by atomic mass is 10.2.